The van der Waals surface area contributed by atoms with Crippen LogP contribution in [0.2, 0.25) is 5.15 Å². The molecule has 1 aromatic heterocycles. The monoisotopic (exact) mass is 408 g/mol. The number of aromatic nitrogens is 1. The van der Waals surface area contributed by atoms with Crippen molar-refractivity contribution >= 4 is 45.5 Å². The van der Waals surface area contributed by atoms with Gasteiger partial charge in [-0.25, -0.2) is 9.99 Å². The maximum Gasteiger partial charge on any atom is 0.189 e. The highest BCUT2D eigenvalue weighted by Gasteiger charge is 2.33. The Morgan fingerprint density at radius 1 is 1.18 bits per heavy atom. The molecule has 0 spiro atoms. The summed E-state index contributed by atoms with van der Waals surface area (Å²) < 4.78 is 0. The predicted octanol–water partition coefficient (Wildman–Crippen LogP) is 5.16. The second-order valence-corrected chi connectivity index (χ2v) is 7.79. The highest BCUT2D eigenvalue weighted by Crippen LogP contribution is 2.37. The lowest BCUT2D eigenvalue weighted by Gasteiger charge is -2.24. The topological polar surface area (TPSA) is 40.5 Å². The zero-order chi connectivity index (χ0) is 19.8. The largest absolute Gasteiger partial charge is 0.364 e. The fourth-order valence-electron chi connectivity index (χ4n) is 3.62. The van der Waals surface area contributed by atoms with Crippen molar-refractivity contribution in [3.05, 3.63) is 75.9 Å². The summed E-state index contributed by atoms with van der Waals surface area (Å²) >= 11 is 12.1. The molecule has 1 N–H and O–H groups in total. The molecular formula is C22H21ClN4S. The van der Waals surface area contributed by atoms with Gasteiger partial charge in [-0.15, -0.1) is 0 Å². The predicted molar refractivity (Wildman–Crippen MR) is 120 cm³/mol. The Morgan fingerprint density at radius 2 is 1.96 bits per heavy atom. The van der Waals surface area contributed by atoms with Crippen molar-refractivity contribution in [3.63, 3.8) is 0 Å². The number of fused-ring (bicyclic) bond motifs is 1. The number of nitrogens with zero attached hydrogens (tertiary/aromatic N) is 3. The molecular weight excluding hydrogens is 388 g/mol. The van der Waals surface area contributed by atoms with Crippen molar-refractivity contribution in [1.29, 1.82) is 0 Å². The third-order valence-electron chi connectivity index (χ3n) is 5.10. The SMILES string of the molecule is CNC(=S)N1N=C(c2ccccc2C)CC1c1cc2ccc(C)cc2nc1Cl. The second kappa shape index (κ2) is 7.49. The minimum Gasteiger partial charge on any atom is -0.364 e. The van der Waals surface area contributed by atoms with Gasteiger partial charge in [0.05, 0.1) is 17.3 Å². The van der Waals surface area contributed by atoms with E-state index in [2.05, 4.69) is 54.5 Å². The maximum atomic E-state index is 6.62. The molecule has 0 amide bonds. The molecule has 4 nitrogen and oxygen atoms in total. The molecule has 0 fully saturated rings. The fourth-order valence-corrected chi connectivity index (χ4v) is 4.06. The van der Waals surface area contributed by atoms with Crippen LogP contribution in [0.5, 0.6) is 0 Å². The molecule has 4 rings (SSSR count). The van der Waals surface area contributed by atoms with Gasteiger partial charge in [-0.3, -0.25) is 0 Å². The average Bonchev–Trinajstić information content (AvgIpc) is 3.12. The summed E-state index contributed by atoms with van der Waals surface area (Å²) in [4.78, 5) is 4.64. The fraction of sp³-hybridized carbons (Fsp3) is 0.227. The van der Waals surface area contributed by atoms with E-state index in [1.165, 1.54) is 5.56 Å². The van der Waals surface area contributed by atoms with Crippen LogP contribution in [0.15, 0.2) is 53.6 Å². The summed E-state index contributed by atoms with van der Waals surface area (Å²) in [6, 6.07) is 16.5. The summed E-state index contributed by atoms with van der Waals surface area (Å²) in [6.45, 7) is 4.15. The van der Waals surface area contributed by atoms with Gasteiger partial charge in [0.25, 0.3) is 0 Å². The second-order valence-electron chi connectivity index (χ2n) is 7.05. The molecule has 6 heteroatoms. The lowest BCUT2D eigenvalue weighted by atomic mass is 9.96. The highest BCUT2D eigenvalue weighted by molar-refractivity contribution is 7.80. The molecule has 0 saturated heterocycles. The van der Waals surface area contributed by atoms with E-state index in [-0.39, 0.29) is 6.04 Å². The van der Waals surface area contributed by atoms with Crippen LogP contribution in [0, 0.1) is 13.8 Å². The van der Waals surface area contributed by atoms with Crippen molar-refractivity contribution in [2.75, 3.05) is 7.05 Å². The van der Waals surface area contributed by atoms with Gasteiger partial charge in [0.15, 0.2) is 5.11 Å². The number of hydrogen-bond acceptors (Lipinski definition) is 3. The normalized spacial score (nSPS) is 16.4. The van der Waals surface area contributed by atoms with Gasteiger partial charge < -0.3 is 5.32 Å². The minimum absolute atomic E-state index is 0.0970. The van der Waals surface area contributed by atoms with Crippen LogP contribution in [0.3, 0.4) is 0 Å². The molecule has 1 atom stereocenters. The van der Waals surface area contributed by atoms with E-state index in [1.54, 1.807) is 0 Å². The molecule has 0 aliphatic carbocycles. The molecule has 142 valence electrons. The number of hydrogen-bond donors (Lipinski definition) is 1. The third-order valence-corrected chi connectivity index (χ3v) is 5.79. The summed E-state index contributed by atoms with van der Waals surface area (Å²) in [6.07, 6.45) is 0.714. The number of nitrogens with one attached hydrogen (secondary N) is 1. The lowest BCUT2D eigenvalue weighted by Crippen LogP contribution is -2.34. The van der Waals surface area contributed by atoms with Crippen molar-refractivity contribution in [2.45, 2.75) is 26.3 Å². The van der Waals surface area contributed by atoms with E-state index in [9.17, 15) is 0 Å². The zero-order valence-electron chi connectivity index (χ0n) is 16.0. The van der Waals surface area contributed by atoms with Gasteiger partial charge >= 0.3 is 0 Å². The summed E-state index contributed by atoms with van der Waals surface area (Å²) in [5, 5.41) is 11.9. The van der Waals surface area contributed by atoms with Crippen LogP contribution >= 0.6 is 23.8 Å². The molecule has 0 saturated carbocycles. The van der Waals surface area contributed by atoms with Gasteiger partial charge in [-0.05, 0) is 49.3 Å². The summed E-state index contributed by atoms with van der Waals surface area (Å²) in [5.41, 5.74) is 6.32. The van der Waals surface area contributed by atoms with Crippen molar-refractivity contribution in [2.24, 2.45) is 5.10 Å². The Morgan fingerprint density at radius 3 is 2.71 bits per heavy atom. The smallest absolute Gasteiger partial charge is 0.189 e. The van der Waals surface area contributed by atoms with E-state index in [4.69, 9.17) is 28.9 Å². The number of hydrazone groups is 1. The van der Waals surface area contributed by atoms with Crippen molar-refractivity contribution in [1.82, 2.24) is 15.3 Å². The first-order valence-electron chi connectivity index (χ1n) is 9.19. The van der Waals surface area contributed by atoms with Crippen LogP contribution in [-0.2, 0) is 0 Å². The summed E-state index contributed by atoms with van der Waals surface area (Å²) in [5.74, 6) is 0. The first-order valence-corrected chi connectivity index (χ1v) is 9.98. The molecule has 28 heavy (non-hydrogen) atoms. The number of benzene rings is 2. The van der Waals surface area contributed by atoms with Crippen LogP contribution in [0.4, 0.5) is 0 Å². The average molecular weight is 409 g/mol. The Kier molecular flexibility index (Phi) is 5.04. The van der Waals surface area contributed by atoms with E-state index in [0.29, 0.717) is 16.7 Å². The molecule has 2 heterocycles. The summed E-state index contributed by atoms with van der Waals surface area (Å²) in [7, 11) is 1.81. The van der Waals surface area contributed by atoms with E-state index in [0.717, 1.165) is 33.3 Å². The van der Waals surface area contributed by atoms with Crippen molar-refractivity contribution < 1.29 is 0 Å². The standard InChI is InChI=1S/C22H21ClN4S/c1-13-8-9-15-11-17(21(23)25-18(15)10-13)20-12-19(26-27(20)22(28)24-3)16-7-5-4-6-14(16)2/h4-11,20H,12H2,1-3H3,(H,24,28). The highest BCUT2D eigenvalue weighted by atomic mass is 35.5. The molecule has 1 unspecified atom stereocenters. The van der Waals surface area contributed by atoms with E-state index in [1.807, 2.05) is 30.3 Å². The Balaban J connectivity index is 1.79. The number of aryl methyl sites for hydroxylation is 2. The molecule has 0 bridgehead atoms. The van der Waals surface area contributed by atoms with E-state index < -0.39 is 0 Å². The van der Waals surface area contributed by atoms with Gasteiger partial charge in [0, 0.05) is 30.0 Å². The Hall–Kier alpha value is -2.50. The molecule has 3 aromatic rings. The van der Waals surface area contributed by atoms with Gasteiger partial charge in [0.1, 0.15) is 5.15 Å². The molecule has 1 aliphatic rings. The van der Waals surface area contributed by atoms with E-state index >= 15 is 0 Å². The maximum absolute atomic E-state index is 6.62. The first kappa shape index (κ1) is 18.8. The zero-order valence-corrected chi connectivity index (χ0v) is 17.6. The van der Waals surface area contributed by atoms with Gasteiger partial charge in [0.2, 0.25) is 0 Å². The number of thiocarbonyl (C=S) groups is 1. The lowest BCUT2D eigenvalue weighted by molar-refractivity contribution is 0.366. The number of pyridine rings is 1. The van der Waals surface area contributed by atoms with Crippen molar-refractivity contribution in [3.8, 4) is 0 Å². The Bertz CT molecular complexity index is 1110. The molecule has 1 aliphatic heterocycles. The van der Waals surface area contributed by atoms with Crippen LogP contribution in [-0.4, -0.2) is 27.9 Å². The quantitative estimate of drug-likeness (QED) is 0.469. The Labute approximate surface area is 175 Å². The van der Waals surface area contributed by atoms with Gasteiger partial charge in [-0.1, -0.05) is 48.0 Å². The first-order chi connectivity index (χ1) is 13.5. The molecule has 0 radical (unpaired) electrons. The number of halogens is 1. The van der Waals surface area contributed by atoms with Crippen LogP contribution in [0.1, 0.15) is 34.7 Å². The minimum atomic E-state index is -0.0970. The third kappa shape index (κ3) is 3.36. The van der Waals surface area contributed by atoms with Crippen LogP contribution in [0.25, 0.3) is 10.9 Å². The van der Waals surface area contributed by atoms with Gasteiger partial charge in [-0.2, -0.15) is 5.10 Å². The molecule has 2 aromatic carbocycles. The van der Waals surface area contributed by atoms with Crippen LogP contribution < -0.4 is 5.32 Å². The number of rotatable bonds is 2.